The number of hydrogen-bond donors (Lipinski definition) is 1. The van der Waals surface area contributed by atoms with E-state index in [1.165, 1.54) is 0 Å². The molecule has 0 saturated heterocycles. The number of benzene rings is 2. The molecular formula is C15H14Br2O. The first-order valence-electron chi connectivity index (χ1n) is 5.69. The molecule has 2 rings (SSSR count). The van der Waals surface area contributed by atoms with Crippen LogP contribution in [0, 0.1) is 13.8 Å². The number of rotatable bonds is 2. The fraction of sp³-hybridized carbons (Fsp3) is 0.200. The lowest BCUT2D eigenvalue weighted by Crippen LogP contribution is -2.02. The second-order valence-corrected chi connectivity index (χ2v) is 6.18. The average Bonchev–Trinajstić information content (AvgIpc) is 2.34. The monoisotopic (exact) mass is 368 g/mol. The van der Waals surface area contributed by atoms with Gasteiger partial charge < -0.3 is 5.11 Å². The van der Waals surface area contributed by atoms with Crippen LogP contribution in [0.2, 0.25) is 0 Å². The van der Waals surface area contributed by atoms with Gasteiger partial charge in [-0.05, 0) is 54.3 Å². The van der Waals surface area contributed by atoms with Crippen LogP contribution in [0.5, 0.6) is 0 Å². The van der Waals surface area contributed by atoms with Crippen LogP contribution >= 0.6 is 31.9 Å². The Hall–Kier alpha value is -0.640. The molecule has 2 aromatic rings. The maximum absolute atomic E-state index is 10.4. The number of halogens is 2. The SMILES string of the molecule is Cc1cc(C(O)c2ccc(Br)cc2)c(C)cc1Br. The Morgan fingerprint density at radius 2 is 1.56 bits per heavy atom. The molecular weight excluding hydrogens is 356 g/mol. The molecule has 1 unspecified atom stereocenters. The van der Waals surface area contributed by atoms with E-state index in [1.54, 1.807) is 0 Å². The summed E-state index contributed by atoms with van der Waals surface area (Å²) in [6.07, 6.45) is -0.579. The summed E-state index contributed by atoms with van der Waals surface area (Å²) in [6, 6.07) is 11.8. The Balaban J connectivity index is 2.42. The van der Waals surface area contributed by atoms with Crippen LogP contribution in [0.4, 0.5) is 0 Å². The van der Waals surface area contributed by atoms with Gasteiger partial charge in [0.05, 0.1) is 0 Å². The van der Waals surface area contributed by atoms with Gasteiger partial charge in [-0.2, -0.15) is 0 Å². The van der Waals surface area contributed by atoms with E-state index < -0.39 is 6.10 Å². The van der Waals surface area contributed by atoms with E-state index in [-0.39, 0.29) is 0 Å². The zero-order chi connectivity index (χ0) is 13.3. The van der Waals surface area contributed by atoms with Crippen molar-refractivity contribution in [1.82, 2.24) is 0 Å². The van der Waals surface area contributed by atoms with Crippen LogP contribution in [-0.2, 0) is 0 Å². The summed E-state index contributed by atoms with van der Waals surface area (Å²) in [4.78, 5) is 0. The molecule has 0 aliphatic carbocycles. The Morgan fingerprint density at radius 1 is 0.944 bits per heavy atom. The van der Waals surface area contributed by atoms with Gasteiger partial charge in [0.1, 0.15) is 6.10 Å². The lowest BCUT2D eigenvalue weighted by molar-refractivity contribution is 0.219. The van der Waals surface area contributed by atoms with Gasteiger partial charge in [0.25, 0.3) is 0 Å². The maximum Gasteiger partial charge on any atom is 0.104 e. The first-order valence-corrected chi connectivity index (χ1v) is 7.28. The summed E-state index contributed by atoms with van der Waals surface area (Å²) in [5.41, 5.74) is 4.08. The minimum Gasteiger partial charge on any atom is -0.384 e. The second-order valence-electron chi connectivity index (χ2n) is 4.41. The van der Waals surface area contributed by atoms with Gasteiger partial charge in [0, 0.05) is 8.95 Å². The highest BCUT2D eigenvalue weighted by atomic mass is 79.9. The van der Waals surface area contributed by atoms with Crippen LogP contribution < -0.4 is 0 Å². The Bertz CT molecular complexity index is 561. The van der Waals surface area contributed by atoms with Crippen molar-refractivity contribution in [1.29, 1.82) is 0 Å². The molecule has 0 heterocycles. The molecule has 2 aromatic carbocycles. The van der Waals surface area contributed by atoms with Crippen molar-refractivity contribution in [3.05, 3.63) is 67.6 Å². The van der Waals surface area contributed by atoms with E-state index >= 15 is 0 Å². The highest BCUT2D eigenvalue weighted by molar-refractivity contribution is 9.10. The number of aliphatic hydroxyl groups excluding tert-OH is 1. The van der Waals surface area contributed by atoms with Crippen LogP contribution in [0.3, 0.4) is 0 Å². The number of aliphatic hydroxyl groups is 1. The zero-order valence-electron chi connectivity index (χ0n) is 10.2. The molecule has 0 aliphatic rings. The van der Waals surface area contributed by atoms with E-state index in [2.05, 4.69) is 31.9 Å². The van der Waals surface area contributed by atoms with Gasteiger partial charge in [-0.15, -0.1) is 0 Å². The molecule has 0 aliphatic heterocycles. The Morgan fingerprint density at radius 3 is 2.17 bits per heavy atom. The van der Waals surface area contributed by atoms with Crippen molar-refractivity contribution in [2.24, 2.45) is 0 Å². The van der Waals surface area contributed by atoms with E-state index in [1.807, 2.05) is 50.2 Å². The average molecular weight is 370 g/mol. The van der Waals surface area contributed by atoms with Crippen LogP contribution in [-0.4, -0.2) is 5.11 Å². The van der Waals surface area contributed by atoms with Gasteiger partial charge in [-0.1, -0.05) is 50.1 Å². The Kier molecular flexibility index (Phi) is 4.25. The Labute approximate surface area is 124 Å². The first kappa shape index (κ1) is 13.8. The summed E-state index contributed by atoms with van der Waals surface area (Å²) in [5.74, 6) is 0. The highest BCUT2D eigenvalue weighted by Crippen LogP contribution is 2.29. The van der Waals surface area contributed by atoms with Crippen molar-refractivity contribution >= 4 is 31.9 Å². The maximum atomic E-state index is 10.4. The van der Waals surface area contributed by atoms with Crippen molar-refractivity contribution < 1.29 is 5.11 Å². The third-order valence-electron chi connectivity index (χ3n) is 3.03. The van der Waals surface area contributed by atoms with Gasteiger partial charge in [-0.3, -0.25) is 0 Å². The molecule has 1 atom stereocenters. The minimum absolute atomic E-state index is 0.579. The van der Waals surface area contributed by atoms with Crippen LogP contribution in [0.25, 0.3) is 0 Å². The first-order chi connectivity index (χ1) is 8.49. The molecule has 1 nitrogen and oxygen atoms in total. The molecule has 0 fully saturated rings. The van der Waals surface area contributed by atoms with E-state index in [4.69, 9.17) is 0 Å². The molecule has 0 saturated carbocycles. The smallest absolute Gasteiger partial charge is 0.104 e. The van der Waals surface area contributed by atoms with E-state index in [0.717, 1.165) is 31.2 Å². The standard InChI is InChI=1S/C15H14Br2O/c1-9-8-14(17)10(2)7-13(9)15(18)11-3-5-12(16)6-4-11/h3-8,15,18H,1-2H3. The van der Waals surface area contributed by atoms with Gasteiger partial charge in [-0.25, -0.2) is 0 Å². The summed E-state index contributed by atoms with van der Waals surface area (Å²) in [6.45, 7) is 4.04. The second kappa shape index (κ2) is 5.55. The minimum atomic E-state index is -0.579. The lowest BCUT2D eigenvalue weighted by Gasteiger charge is -2.16. The molecule has 0 radical (unpaired) electrons. The molecule has 18 heavy (non-hydrogen) atoms. The predicted octanol–water partition coefficient (Wildman–Crippen LogP) is 4.91. The molecule has 0 bridgehead atoms. The molecule has 3 heteroatoms. The molecule has 0 aromatic heterocycles. The fourth-order valence-corrected chi connectivity index (χ4v) is 2.64. The normalized spacial score (nSPS) is 12.5. The number of aryl methyl sites for hydroxylation is 2. The van der Waals surface area contributed by atoms with Gasteiger partial charge >= 0.3 is 0 Å². The van der Waals surface area contributed by atoms with Crippen LogP contribution in [0.1, 0.15) is 28.4 Å². The molecule has 0 amide bonds. The van der Waals surface area contributed by atoms with Crippen molar-refractivity contribution in [2.45, 2.75) is 20.0 Å². The fourth-order valence-electron chi connectivity index (χ4n) is 1.92. The number of hydrogen-bond acceptors (Lipinski definition) is 1. The topological polar surface area (TPSA) is 20.2 Å². The summed E-state index contributed by atoms with van der Waals surface area (Å²) in [7, 11) is 0. The molecule has 1 N–H and O–H groups in total. The summed E-state index contributed by atoms with van der Waals surface area (Å²) in [5, 5.41) is 10.4. The molecule has 94 valence electrons. The lowest BCUT2D eigenvalue weighted by atomic mass is 9.96. The third kappa shape index (κ3) is 2.85. The van der Waals surface area contributed by atoms with Crippen LogP contribution in [0.15, 0.2) is 45.3 Å². The van der Waals surface area contributed by atoms with E-state index in [9.17, 15) is 5.11 Å². The quantitative estimate of drug-likeness (QED) is 0.797. The van der Waals surface area contributed by atoms with Crippen molar-refractivity contribution in [3.8, 4) is 0 Å². The predicted molar refractivity (Wildman–Crippen MR) is 81.8 cm³/mol. The van der Waals surface area contributed by atoms with Gasteiger partial charge in [0.2, 0.25) is 0 Å². The zero-order valence-corrected chi connectivity index (χ0v) is 13.4. The van der Waals surface area contributed by atoms with Crippen molar-refractivity contribution in [2.75, 3.05) is 0 Å². The highest BCUT2D eigenvalue weighted by Gasteiger charge is 2.14. The van der Waals surface area contributed by atoms with Gasteiger partial charge in [0.15, 0.2) is 0 Å². The summed E-state index contributed by atoms with van der Waals surface area (Å²) >= 11 is 6.91. The van der Waals surface area contributed by atoms with E-state index in [0.29, 0.717) is 0 Å². The molecule has 0 spiro atoms. The third-order valence-corrected chi connectivity index (χ3v) is 4.41. The summed E-state index contributed by atoms with van der Waals surface area (Å²) < 4.78 is 2.09. The largest absolute Gasteiger partial charge is 0.384 e. The van der Waals surface area contributed by atoms with Crippen molar-refractivity contribution in [3.63, 3.8) is 0 Å².